The maximum Gasteiger partial charge on any atom is 0.325 e. The van der Waals surface area contributed by atoms with Gasteiger partial charge in [-0.2, -0.15) is 9.57 Å². The molecule has 1 atom stereocenters. The van der Waals surface area contributed by atoms with Gasteiger partial charge in [-0.25, -0.2) is 18.0 Å². The molecule has 4 amide bonds. The molecule has 0 spiro atoms. The van der Waals surface area contributed by atoms with E-state index in [9.17, 15) is 23.3 Å². The van der Waals surface area contributed by atoms with Crippen LogP contribution in [0.4, 0.5) is 15.3 Å². The number of nitrogens with one attached hydrogen (secondary N) is 1. The maximum absolute atomic E-state index is 13.1. The van der Waals surface area contributed by atoms with E-state index >= 15 is 0 Å². The highest BCUT2D eigenvalue weighted by Crippen LogP contribution is 2.33. The van der Waals surface area contributed by atoms with Crippen molar-refractivity contribution in [1.82, 2.24) is 24.3 Å². The van der Waals surface area contributed by atoms with E-state index in [1.54, 1.807) is 45.0 Å². The molecule has 3 heterocycles. The van der Waals surface area contributed by atoms with Crippen LogP contribution in [0.15, 0.2) is 12.1 Å². The zero-order valence-electron chi connectivity index (χ0n) is 22.0. The van der Waals surface area contributed by atoms with E-state index in [0.29, 0.717) is 67.7 Å². The molecule has 0 bridgehead atoms. The summed E-state index contributed by atoms with van der Waals surface area (Å²) in [5.41, 5.74) is 1.77. The molecule has 0 aromatic heterocycles. The number of anilines is 1. The fourth-order valence-corrected chi connectivity index (χ4v) is 6.62. The number of nitrogens with zero attached hydrogens (tertiary/aromatic N) is 6. The lowest BCUT2D eigenvalue weighted by Crippen LogP contribution is -2.56. The number of hydrogen-bond donors (Lipinski definition) is 1. The predicted octanol–water partition coefficient (Wildman–Crippen LogP) is 1.90. The average Bonchev–Trinajstić information content (AvgIpc) is 3.25. The molecule has 0 radical (unpaired) electrons. The Bertz CT molecular complexity index is 1200. The van der Waals surface area contributed by atoms with E-state index in [1.807, 2.05) is 0 Å². The molecule has 1 N–H and O–H groups in total. The van der Waals surface area contributed by atoms with Crippen LogP contribution in [0.3, 0.4) is 0 Å². The zero-order valence-corrected chi connectivity index (χ0v) is 23.6. The Morgan fingerprint density at radius 1 is 1.13 bits per heavy atom. The van der Waals surface area contributed by atoms with E-state index in [1.165, 1.54) is 0 Å². The second-order valence-corrected chi connectivity index (χ2v) is 12.6. The highest BCUT2D eigenvalue weighted by Gasteiger charge is 2.42. The Hall–Kier alpha value is -2.59. The van der Waals surface area contributed by atoms with Gasteiger partial charge in [0.2, 0.25) is 10.0 Å². The van der Waals surface area contributed by atoms with Crippen molar-refractivity contribution in [2.24, 2.45) is 0 Å². The quantitative estimate of drug-likeness (QED) is 0.481. The van der Waals surface area contributed by atoms with Gasteiger partial charge in [-0.1, -0.05) is 11.6 Å². The normalized spacial score (nSPS) is 20.9. The molecule has 13 heteroatoms. The molecule has 1 aromatic rings. The molecular weight excluding hydrogens is 530 g/mol. The van der Waals surface area contributed by atoms with Gasteiger partial charge in [-0.05, 0) is 50.9 Å². The lowest BCUT2D eigenvalue weighted by atomic mass is 10.1. The molecular formula is C25H36ClN7O4S. The minimum Gasteiger partial charge on any atom is -0.338 e. The molecule has 38 heavy (non-hydrogen) atoms. The first-order valence-electron chi connectivity index (χ1n) is 13.2. The Balaban J connectivity index is 1.19. The van der Waals surface area contributed by atoms with Crippen LogP contribution in [-0.2, 0) is 10.0 Å². The number of halogens is 1. The molecule has 3 aliphatic rings. The van der Waals surface area contributed by atoms with Crippen molar-refractivity contribution in [1.29, 1.82) is 5.26 Å². The van der Waals surface area contributed by atoms with Crippen LogP contribution in [0.5, 0.6) is 0 Å². The van der Waals surface area contributed by atoms with Crippen molar-refractivity contribution in [3.63, 3.8) is 0 Å². The summed E-state index contributed by atoms with van der Waals surface area (Å²) in [6.45, 7) is 9.34. The number of carbonyl (C=O) groups excluding carboxylic acids is 2. The lowest BCUT2D eigenvalue weighted by Gasteiger charge is -2.36. The fourth-order valence-electron chi connectivity index (χ4n) is 5.33. The first-order chi connectivity index (χ1) is 18.2. The second kappa shape index (κ2) is 12.1. The standard InChI is InChI=1S/C25H36ClN7O4S/c1-3-38(36,37)31-13-10-29(11-14-31)9-5-4-8-28-24(34)30-12-15-32-21(17-30)18-33(25(32)35)22-7-6-20(16-27)23(26)19(22)2/h6-7,21H,3-5,8-15,17-18H2,1-2H3,(H,28,34)/t21-/m0/s1. The maximum atomic E-state index is 13.1. The molecule has 3 fully saturated rings. The monoisotopic (exact) mass is 565 g/mol. The first-order valence-corrected chi connectivity index (χ1v) is 15.1. The highest BCUT2D eigenvalue weighted by atomic mass is 35.5. The minimum absolute atomic E-state index is 0.105. The Morgan fingerprint density at radius 2 is 1.87 bits per heavy atom. The lowest BCUT2D eigenvalue weighted by molar-refractivity contribution is 0.129. The smallest absolute Gasteiger partial charge is 0.325 e. The number of hydrogen-bond acceptors (Lipinski definition) is 6. The van der Waals surface area contributed by atoms with Gasteiger partial charge in [-0.3, -0.25) is 4.90 Å². The number of piperazine rings is 2. The topological polar surface area (TPSA) is 120 Å². The summed E-state index contributed by atoms with van der Waals surface area (Å²) in [5.74, 6) is 0.142. The van der Waals surface area contributed by atoms with Crippen LogP contribution in [0.2, 0.25) is 5.02 Å². The van der Waals surface area contributed by atoms with E-state index in [-0.39, 0.29) is 23.9 Å². The van der Waals surface area contributed by atoms with Crippen LogP contribution in [0.25, 0.3) is 0 Å². The van der Waals surface area contributed by atoms with Crippen LogP contribution < -0.4 is 10.2 Å². The molecule has 1 aromatic carbocycles. The van der Waals surface area contributed by atoms with E-state index in [0.717, 1.165) is 32.5 Å². The van der Waals surface area contributed by atoms with Crippen molar-refractivity contribution >= 4 is 39.4 Å². The Kier molecular flexibility index (Phi) is 9.03. The van der Waals surface area contributed by atoms with Gasteiger partial charge in [0, 0.05) is 64.6 Å². The summed E-state index contributed by atoms with van der Waals surface area (Å²) in [5, 5.41) is 12.6. The average molecular weight is 566 g/mol. The van der Waals surface area contributed by atoms with Gasteiger partial charge < -0.3 is 20.0 Å². The molecule has 0 aliphatic carbocycles. The Morgan fingerprint density at radius 3 is 2.55 bits per heavy atom. The third-order valence-electron chi connectivity index (χ3n) is 7.68. The largest absolute Gasteiger partial charge is 0.338 e. The molecule has 4 rings (SSSR count). The van der Waals surface area contributed by atoms with Crippen molar-refractivity contribution in [2.75, 3.05) is 76.1 Å². The number of rotatable bonds is 8. The minimum atomic E-state index is -3.11. The third-order valence-corrected chi connectivity index (χ3v) is 10.0. The summed E-state index contributed by atoms with van der Waals surface area (Å²) in [6, 6.07) is 5.12. The summed E-state index contributed by atoms with van der Waals surface area (Å²) in [4.78, 5) is 33.4. The van der Waals surface area contributed by atoms with Crippen LogP contribution in [0.1, 0.15) is 30.9 Å². The molecule has 3 aliphatic heterocycles. The molecule has 208 valence electrons. The van der Waals surface area contributed by atoms with Crippen LogP contribution in [0, 0.1) is 18.3 Å². The van der Waals surface area contributed by atoms with E-state index < -0.39 is 10.0 Å². The van der Waals surface area contributed by atoms with Crippen LogP contribution >= 0.6 is 11.6 Å². The number of urea groups is 2. The van der Waals surface area contributed by atoms with Crippen molar-refractivity contribution in [2.45, 2.75) is 32.7 Å². The summed E-state index contributed by atoms with van der Waals surface area (Å²) < 4.78 is 25.5. The number of nitriles is 1. The summed E-state index contributed by atoms with van der Waals surface area (Å²) >= 11 is 6.32. The predicted molar refractivity (Wildman–Crippen MR) is 146 cm³/mol. The molecule has 11 nitrogen and oxygen atoms in total. The molecule has 0 unspecified atom stereocenters. The highest BCUT2D eigenvalue weighted by molar-refractivity contribution is 7.89. The van der Waals surface area contributed by atoms with Gasteiger partial charge in [-0.15, -0.1) is 0 Å². The molecule has 0 saturated carbocycles. The van der Waals surface area contributed by atoms with Gasteiger partial charge in [0.25, 0.3) is 0 Å². The van der Waals surface area contributed by atoms with Crippen LogP contribution in [-0.4, -0.2) is 117 Å². The first kappa shape index (κ1) is 28.4. The number of amides is 4. The molecule has 3 saturated heterocycles. The van der Waals surface area contributed by atoms with Gasteiger partial charge in [0.1, 0.15) is 6.07 Å². The number of carbonyl (C=O) groups is 2. The van der Waals surface area contributed by atoms with Gasteiger partial charge in [0.05, 0.1) is 22.4 Å². The Labute approximate surface area is 229 Å². The summed E-state index contributed by atoms with van der Waals surface area (Å²) in [6.07, 6.45) is 1.76. The number of fused-ring (bicyclic) bond motifs is 1. The SMILES string of the molecule is CCS(=O)(=O)N1CCN(CCCCNC(=O)N2CCN3C(=O)N(c4ccc(C#N)c(Cl)c4C)C[C@@H]3C2)CC1. The van der Waals surface area contributed by atoms with Gasteiger partial charge in [0.15, 0.2) is 0 Å². The second-order valence-electron chi connectivity index (χ2n) is 9.95. The number of benzene rings is 1. The van der Waals surface area contributed by atoms with Crippen molar-refractivity contribution in [3.05, 3.63) is 28.3 Å². The number of unbranched alkanes of at least 4 members (excludes halogenated alkanes) is 1. The van der Waals surface area contributed by atoms with Crippen molar-refractivity contribution < 1.29 is 18.0 Å². The summed E-state index contributed by atoms with van der Waals surface area (Å²) in [7, 11) is -3.11. The number of sulfonamides is 1. The fraction of sp³-hybridized carbons (Fsp3) is 0.640. The van der Waals surface area contributed by atoms with Gasteiger partial charge >= 0.3 is 12.1 Å². The van der Waals surface area contributed by atoms with E-state index in [2.05, 4.69) is 16.3 Å². The van der Waals surface area contributed by atoms with E-state index in [4.69, 9.17) is 11.6 Å². The zero-order chi connectivity index (χ0) is 27.4. The van der Waals surface area contributed by atoms with Crippen molar-refractivity contribution in [3.8, 4) is 6.07 Å². The third kappa shape index (κ3) is 6.01.